The van der Waals surface area contributed by atoms with Crippen molar-refractivity contribution in [1.29, 1.82) is 0 Å². The van der Waals surface area contributed by atoms with E-state index in [0.29, 0.717) is 31.4 Å². The van der Waals surface area contributed by atoms with E-state index in [4.69, 9.17) is 4.74 Å². The molecule has 0 fully saturated rings. The van der Waals surface area contributed by atoms with Gasteiger partial charge in [0.2, 0.25) is 5.13 Å². The average molecular weight is 537 g/mol. The van der Waals surface area contributed by atoms with E-state index in [1.54, 1.807) is 0 Å². The van der Waals surface area contributed by atoms with Gasteiger partial charge in [-0.2, -0.15) is 0 Å². The molecule has 0 aliphatic rings. The maximum atomic E-state index is 13.3. The number of ether oxygens (including phenoxy) is 1. The van der Waals surface area contributed by atoms with Gasteiger partial charge in [-0.15, -0.1) is 0 Å². The molecule has 0 radical (unpaired) electrons. The van der Waals surface area contributed by atoms with Gasteiger partial charge in [0.1, 0.15) is 10.2 Å². The third-order valence-electron chi connectivity index (χ3n) is 5.07. The second-order valence-corrected chi connectivity index (χ2v) is 10.4. The Morgan fingerprint density at radius 2 is 1.35 bits per heavy atom. The lowest BCUT2D eigenvalue weighted by molar-refractivity contribution is 0.0599. The van der Waals surface area contributed by atoms with Gasteiger partial charge in [0, 0.05) is 0 Å². The van der Waals surface area contributed by atoms with Gasteiger partial charge in [0.15, 0.2) is 5.60 Å². The molecule has 1 heterocycles. The van der Waals surface area contributed by atoms with Crippen LogP contribution in [-0.2, 0) is 10.3 Å². The lowest BCUT2D eigenvalue weighted by Gasteiger charge is -2.28. The zero-order chi connectivity index (χ0) is 24.3. The van der Waals surface area contributed by atoms with Crippen molar-refractivity contribution in [2.75, 3.05) is 4.90 Å². The van der Waals surface area contributed by atoms with Crippen LogP contribution in [0.1, 0.15) is 36.8 Å². The molecule has 0 spiro atoms. The van der Waals surface area contributed by atoms with Crippen molar-refractivity contribution in [2.45, 2.75) is 32.0 Å². The highest BCUT2D eigenvalue weighted by Crippen LogP contribution is 2.46. The predicted octanol–water partition coefficient (Wildman–Crippen LogP) is 7.26. The average Bonchev–Trinajstić information content (AvgIpc) is 3.20. The van der Waals surface area contributed by atoms with E-state index in [1.807, 2.05) is 112 Å². The quantitative estimate of drug-likeness (QED) is 0.291. The minimum atomic E-state index is -1.48. The monoisotopic (exact) mass is 536 g/mol. The largest absolute Gasteiger partial charge is 0.443 e. The van der Waals surface area contributed by atoms with Crippen LogP contribution in [0, 0.1) is 0 Å². The number of hydrogen-bond donors (Lipinski definition) is 1. The molecular weight excluding hydrogens is 512 g/mol. The second-order valence-electron chi connectivity index (χ2n) is 8.71. The first-order chi connectivity index (χ1) is 16.2. The summed E-state index contributed by atoms with van der Waals surface area (Å²) >= 11 is 4.79. The predicted molar refractivity (Wildman–Crippen MR) is 140 cm³/mol. The summed E-state index contributed by atoms with van der Waals surface area (Å²) < 4.78 is 6.14. The first-order valence-electron chi connectivity index (χ1n) is 10.8. The molecule has 5 nitrogen and oxygen atoms in total. The lowest BCUT2D eigenvalue weighted by Crippen LogP contribution is -2.33. The molecule has 0 atom stereocenters. The summed E-state index contributed by atoms with van der Waals surface area (Å²) in [6.07, 6.45) is -0.547. The van der Waals surface area contributed by atoms with E-state index in [-0.39, 0.29) is 0 Å². The van der Waals surface area contributed by atoms with E-state index in [2.05, 4.69) is 20.9 Å². The maximum Gasteiger partial charge on any atom is 0.421 e. The van der Waals surface area contributed by atoms with Crippen molar-refractivity contribution in [3.8, 4) is 0 Å². The molecule has 1 amide bonds. The standard InChI is InChI=1S/C27H25BrN2O3S/c1-26(2,3)33-25(31)30(21-17-11-6-12-18-21)24-29-23(28)22(34-24)27(32,19-13-7-4-8-14-19)20-15-9-5-10-16-20/h4-18,32H,1-3H3. The zero-order valence-electron chi connectivity index (χ0n) is 19.1. The number of para-hydroxylation sites is 1. The molecular formula is C27H25BrN2O3S. The second kappa shape index (κ2) is 9.70. The Labute approximate surface area is 211 Å². The normalized spacial score (nSPS) is 11.8. The van der Waals surface area contributed by atoms with Gasteiger partial charge >= 0.3 is 6.09 Å². The van der Waals surface area contributed by atoms with Crippen LogP contribution in [-0.4, -0.2) is 21.8 Å². The number of hydrogen-bond acceptors (Lipinski definition) is 5. The van der Waals surface area contributed by atoms with Crippen molar-refractivity contribution >= 4 is 44.2 Å². The molecule has 0 aliphatic heterocycles. The fraction of sp³-hybridized carbons (Fsp3) is 0.185. The van der Waals surface area contributed by atoms with Crippen molar-refractivity contribution in [3.05, 3.63) is 112 Å². The summed E-state index contributed by atoms with van der Waals surface area (Å²) in [5.41, 5.74) is -0.155. The van der Waals surface area contributed by atoms with Crippen molar-refractivity contribution < 1.29 is 14.6 Å². The van der Waals surface area contributed by atoms with Crippen LogP contribution in [0.4, 0.5) is 15.6 Å². The molecule has 0 saturated carbocycles. The number of rotatable bonds is 5. The molecule has 7 heteroatoms. The van der Waals surface area contributed by atoms with Gasteiger partial charge < -0.3 is 9.84 Å². The number of aliphatic hydroxyl groups is 1. The summed E-state index contributed by atoms with van der Waals surface area (Å²) in [5.74, 6) is 0. The topological polar surface area (TPSA) is 62.7 Å². The highest BCUT2D eigenvalue weighted by atomic mass is 79.9. The van der Waals surface area contributed by atoms with Crippen molar-refractivity contribution in [3.63, 3.8) is 0 Å². The number of anilines is 2. The summed E-state index contributed by atoms with van der Waals surface area (Å²) in [4.78, 5) is 19.9. The van der Waals surface area contributed by atoms with Crippen LogP contribution >= 0.6 is 27.3 Å². The van der Waals surface area contributed by atoms with E-state index in [0.717, 1.165) is 0 Å². The molecule has 0 unspecified atom stereocenters. The number of amides is 1. The van der Waals surface area contributed by atoms with Gasteiger partial charge in [-0.1, -0.05) is 90.2 Å². The molecule has 3 aromatic carbocycles. The van der Waals surface area contributed by atoms with Crippen LogP contribution in [0.15, 0.2) is 95.6 Å². The van der Waals surface area contributed by atoms with Gasteiger partial charge in [0.05, 0.1) is 10.6 Å². The van der Waals surface area contributed by atoms with Gasteiger partial charge in [-0.05, 0) is 60.0 Å². The Hall–Kier alpha value is -3.00. The number of thiazole rings is 1. The Kier molecular flexibility index (Phi) is 6.89. The minimum Gasteiger partial charge on any atom is -0.443 e. The number of aromatic nitrogens is 1. The van der Waals surface area contributed by atoms with Gasteiger partial charge in [-0.3, -0.25) is 0 Å². The van der Waals surface area contributed by atoms with Crippen molar-refractivity contribution in [1.82, 2.24) is 4.98 Å². The third kappa shape index (κ3) is 4.92. The third-order valence-corrected chi connectivity index (χ3v) is 7.05. The number of nitrogens with zero attached hydrogens (tertiary/aromatic N) is 2. The molecule has 174 valence electrons. The highest BCUT2D eigenvalue weighted by Gasteiger charge is 2.39. The Morgan fingerprint density at radius 3 is 1.82 bits per heavy atom. The van der Waals surface area contributed by atoms with E-state index in [9.17, 15) is 9.90 Å². The maximum absolute atomic E-state index is 13.3. The minimum absolute atomic E-state index is 0.382. The molecule has 1 N–H and O–H groups in total. The van der Waals surface area contributed by atoms with Crippen LogP contribution in [0.2, 0.25) is 0 Å². The molecule has 4 aromatic rings. The number of halogens is 1. The highest BCUT2D eigenvalue weighted by molar-refractivity contribution is 9.10. The summed E-state index contributed by atoms with van der Waals surface area (Å²) in [5, 5.41) is 12.6. The summed E-state index contributed by atoms with van der Waals surface area (Å²) in [6, 6.07) is 28.1. The number of benzene rings is 3. The zero-order valence-corrected chi connectivity index (χ0v) is 21.5. The van der Waals surface area contributed by atoms with Crippen LogP contribution in [0.3, 0.4) is 0 Å². The molecule has 34 heavy (non-hydrogen) atoms. The van der Waals surface area contributed by atoms with Gasteiger partial charge in [-0.25, -0.2) is 14.7 Å². The fourth-order valence-electron chi connectivity index (χ4n) is 3.58. The van der Waals surface area contributed by atoms with E-state index < -0.39 is 17.3 Å². The van der Waals surface area contributed by atoms with E-state index >= 15 is 0 Å². The van der Waals surface area contributed by atoms with Crippen LogP contribution in [0.5, 0.6) is 0 Å². The van der Waals surface area contributed by atoms with Crippen molar-refractivity contribution in [2.24, 2.45) is 0 Å². The Balaban J connectivity index is 1.88. The van der Waals surface area contributed by atoms with Crippen LogP contribution in [0.25, 0.3) is 0 Å². The lowest BCUT2D eigenvalue weighted by atomic mass is 9.85. The molecule has 4 rings (SSSR count). The Bertz CT molecular complexity index is 1220. The number of carbonyl (C=O) groups is 1. The molecule has 0 saturated heterocycles. The molecule has 0 aliphatic carbocycles. The SMILES string of the molecule is CC(C)(C)OC(=O)N(c1ccccc1)c1nc(Br)c(C(O)(c2ccccc2)c2ccccc2)s1. The smallest absolute Gasteiger partial charge is 0.421 e. The van der Waals surface area contributed by atoms with Gasteiger partial charge in [0.25, 0.3) is 0 Å². The summed E-state index contributed by atoms with van der Waals surface area (Å²) in [7, 11) is 0. The fourth-order valence-corrected chi connectivity index (χ4v) is 5.49. The summed E-state index contributed by atoms with van der Waals surface area (Å²) in [6.45, 7) is 5.46. The molecule has 0 bridgehead atoms. The number of carbonyl (C=O) groups excluding carboxylic acids is 1. The van der Waals surface area contributed by atoms with Crippen LogP contribution < -0.4 is 4.90 Å². The van der Waals surface area contributed by atoms with E-state index in [1.165, 1.54) is 16.2 Å². The first kappa shape index (κ1) is 24.1. The first-order valence-corrected chi connectivity index (χ1v) is 12.4. The Morgan fingerprint density at radius 1 is 0.882 bits per heavy atom. The molecule has 1 aromatic heterocycles.